The quantitative estimate of drug-likeness (QED) is 0.533. The van der Waals surface area contributed by atoms with Crippen molar-refractivity contribution < 1.29 is 9.18 Å². The maximum absolute atomic E-state index is 14.1. The zero-order valence-corrected chi connectivity index (χ0v) is 15.3. The second kappa shape index (κ2) is 7.48. The molecule has 4 aromatic rings. The molecule has 0 atom stereocenters. The van der Waals surface area contributed by atoms with Crippen LogP contribution in [0.1, 0.15) is 15.9 Å². The number of hydrogen-bond acceptors (Lipinski definition) is 2. The number of aromatic nitrogens is 2. The Labute approximate surface area is 162 Å². The van der Waals surface area contributed by atoms with Crippen molar-refractivity contribution >= 4 is 11.6 Å². The van der Waals surface area contributed by atoms with Crippen molar-refractivity contribution in [3.05, 3.63) is 102 Å². The van der Waals surface area contributed by atoms with Crippen molar-refractivity contribution in [3.63, 3.8) is 0 Å². The molecule has 1 aromatic heterocycles. The predicted molar refractivity (Wildman–Crippen MR) is 108 cm³/mol. The van der Waals surface area contributed by atoms with Crippen LogP contribution in [0.25, 0.3) is 16.9 Å². The molecule has 0 fully saturated rings. The van der Waals surface area contributed by atoms with E-state index in [2.05, 4.69) is 10.4 Å². The fourth-order valence-corrected chi connectivity index (χ4v) is 2.99. The monoisotopic (exact) mass is 371 g/mol. The molecule has 5 heteroatoms. The Morgan fingerprint density at radius 2 is 1.64 bits per heavy atom. The van der Waals surface area contributed by atoms with Gasteiger partial charge in [-0.15, -0.1) is 0 Å². The summed E-state index contributed by atoms with van der Waals surface area (Å²) in [5, 5.41) is 7.29. The Morgan fingerprint density at radius 3 is 2.36 bits per heavy atom. The number of para-hydroxylation sites is 1. The van der Waals surface area contributed by atoms with Crippen LogP contribution in [0.15, 0.2) is 85.1 Å². The van der Waals surface area contributed by atoms with Gasteiger partial charge in [0.2, 0.25) is 0 Å². The molecule has 1 amide bonds. The third-order valence-electron chi connectivity index (χ3n) is 4.40. The first-order chi connectivity index (χ1) is 13.6. The topological polar surface area (TPSA) is 46.9 Å². The Hall–Kier alpha value is -3.73. The van der Waals surface area contributed by atoms with E-state index in [-0.39, 0.29) is 5.69 Å². The summed E-state index contributed by atoms with van der Waals surface area (Å²) in [6.45, 7) is 1.85. The van der Waals surface area contributed by atoms with Gasteiger partial charge in [-0.25, -0.2) is 9.07 Å². The molecule has 0 unspecified atom stereocenters. The number of rotatable bonds is 4. The van der Waals surface area contributed by atoms with Crippen molar-refractivity contribution in [3.8, 4) is 16.9 Å². The van der Waals surface area contributed by atoms with Crippen LogP contribution in [0.5, 0.6) is 0 Å². The van der Waals surface area contributed by atoms with E-state index in [1.54, 1.807) is 23.0 Å². The highest BCUT2D eigenvalue weighted by Crippen LogP contribution is 2.25. The van der Waals surface area contributed by atoms with Crippen LogP contribution in [0.4, 0.5) is 10.1 Å². The highest BCUT2D eigenvalue weighted by molar-refractivity contribution is 6.08. The summed E-state index contributed by atoms with van der Waals surface area (Å²) in [5.74, 6) is -0.888. The van der Waals surface area contributed by atoms with E-state index in [0.29, 0.717) is 11.3 Å². The zero-order valence-electron chi connectivity index (χ0n) is 15.3. The number of nitrogens with zero attached hydrogens (tertiary/aromatic N) is 2. The van der Waals surface area contributed by atoms with Crippen LogP contribution >= 0.6 is 0 Å². The molecule has 0 aliphatic rings. The van der Waals surface area contributed by atoms with Crippen molar-refractivity contribution in [2.24, 2.45) is 0 Å². The number of aryl methyl sites for hydroxylation is 1. The lowest BCUT2D eigenvalue weighted by molar-refractivity contribution is 0.102. The molecule has 3 aromatic carbocycles. The molecule has 0 radical (unpaired) electrons. The molecular weight excluding hydrogens is 353 g/mol. The number of hydrogen-bond donors (Lipinski definition) is 1. The van der Waals surface area contributed by atoms with Crippen LogP contribution < -0.4 is 5.32 Å². The number of amides is 1. The fraction of sp³-hybridized carbons (Fsp3) is 0.0435. The average Bonchev–Trinajstić information content (AvgIpc) is 3.18. The second-order valence-corrected chi connectivity index (χ2v) is 6.47. The summed E-state index contributed by atoms with van der Waals surface area (Å²) in [6, 6.07) is 23.6. The van der Waals surface area contributed by atoms with Gasteiger partial charge in [0.15, 0.2) is 0 Å². The molecule has 0 spiro atoms. The first-order valence-corrected chi connectivity index (χ1v) is 8.90. The van der Waals surface area contributed by atoms with E-state index >= 15 is 0 Å². The summed E-state index contributed by atoms with van der Waals surface area (Å²) in [6.07, 6.45) is 1.67. The molecule has 4 nitrogen and oxygen atoms in total. The van der Waals surface area contributed by atoms with Gasteiger partial charge >= 0.3 is 0 Å². The number of anilines is 1. The lowest BCUT2D eigenvalue weighted by Gasteiger charge is -2.07. The van der Waals surface area contributed by atoms with Gasteiger partial charge in [0.1, 0.15) is 11.5 Å². The summed E-state index contributed by atoms with van der Waals surface area (Å²) < 4.78 is 15.8. The number of benzene rings is 3. The first kappa shape index (κ1) is 17.7. The van der Waals surface area contributed by atoms with E-state index in [1.165, 1.54) is 6.07 Å². The van der Waals surface area contributed by atoms with Crippen LogP contribution in [-0.2, 0) is 0 Å². The van der Waals surface area contributed by atoms with Crippen LogP contribution in [0.3, 0.4) is 0 Å². The lowest BCUT2D eigenvalue weighted by atomic mass is 10.1. The largest absolute Gasteiger partial charge is 0.319 e. The number of halogens is 1. The van der Waals surface area contributed by atoms with Gasteiger partial charge in [-0.1, -0.05) is 54.6 Å². The zero-order chi connectivity index (χ0) is 19.5. The highest BCUT2D eigenvalue weighted by Gasteiger charge is 2.19. The first-order valence-electron chi connectivity index (χ1n) is 8.90. The summed E-state index contributed by atoms with van der Waals surface area (Å²) in [7, 11) is 0. The molecular formula is C23H18FN3O. The molecule has 1 heterocycles. The molecule has 28 heavy (non-hydrogen) atoms. The average molecular weight is 371 g/mol. The summed E-state index contributed by atoms with van der Waals surface area (Å²) in [5.41, 5.74) is 3.56. The highest BCUT2D eigenvalue weighted by atomic mass is 19.1. The van der Waals surface area contributed by atoms with Gasteiger partial charge in [-0.05, 0) is 36.8 Å². The van der Waals surface area contributed by atoms with Gasteiger partial charge in [-0.3, -0.25) is 4.79 Å². The molecule has 0 bridgehead atoms. The maximum Gasteiger partial charge on any atom is 0.259 e. The van der Waals surface area contributed by atoms with Crippen LogP contribution in [-0.4, -0.2) is 15.7 Å². The molecule has 0 saturated carbocycles. The summed E-state index contributed by atoms with van der Waals surface area (Å²) >= 11 is 0. The number of carbonyl (C=O) groups is 1. The van der Waals surface area contributed by atoms with Gasteiger partial charge in [0.05, 0.1) is 16.9 Å². The Kier molecular flexibility index (Phi) is 4.72. The van der Waals surface area contributed by atoms with Crippen molar-refractivity contribution in [1.82, 2.24) is 9.78 Å². The molecule has 0 aliphatic carbocycles. The Balaban J connectivity index is 1.77. The Morgan fingerprint density at radius 1 is 0.964 bits per heavy atom. The van der Waals surface area contributed by atoms with Gasteiger partial charge < -0.3 is 5.32 Å². The van der Waals surface area contributed by atoms with Crippen molar-refractivity contribution in [2.75, 3.05) is 5.32 Å². The number of nitrogens with one attached hydrogen (secondary N) is 1. The molecule has 138 valence electrons. The van der Waals surface area contributed by atoms with Crippen LogP contribution in [0.2, 0.25) is 0 Å². The smallest absolute Gasteiger partial charge is 0.259 e. The van der Waals surface area contributed by atoms with Crippen molar-refractivity contribution in [2.45, 2.75) is 6.92 Å². The van der Waals surface area contributed by atoms with Crippen molar-refractivity contribution in [1.29, 1.82) is 0 Å². The van der Waals surface area contributed by atoms with E-state index < -0.39 is 11.7 Å². The predicted octanol–water partition coefficient (Wildman–Crippen LogP) is 5.24. The maximum atomic E-state index is 14.1. The van der Waals surface area contributed by atoms with Crippen LogP contribution in [0, 0.1) is 12.7 Å². The Bertz CT molecular complexity index is 1120. The molecule has 0 saturated heterocycles. The minimum absolute atomic E-state index is 0.150. The lowest BCUT2D eigenvalue weighted by Crippen LogP contribution is -2.13. The van der Waals surface area contributed by atoms with E-state index in [4.69, 9.17) is 0 Å². The SMILES string of the molecule is Cc1ccc(F)c(NC(=O)c2cn(-c3ccccc3)nc2-c2ccccc2)c1. The molecule has 4 rings (SSSR count). The van der Waals surface area contributed by atoms with E-state index in [9.17, 15) is 9.18 Å². The summed E-state index contributed by atoms with van der Waals surface area (Å²) in [4.78, 5) is 13.0. The van der Waals surface area contributed by atoms with Gasteiger partial charge in [0.25, 0.3) is 5.91 Å². The molecule has 1 N–H and O–H groups in total. The second-order valence-electron chi connectivity index (χ2n) is 6.47. The normalized spacial score (nSPS) is 10.6. The standard InChI is InChI=1S/C23H18FN3O/c1-16-12-13-20(24)21(14-16)25-23(28)19-15-27(18-10-6-3-7-11-18)26-22(19)17-8-4-2-5-9-17/h2-15H,1H3,(H,25,28). The minimum atomic E-state index is -0.476. The third kappa shape index (κ3) is 3.55. The third-order valence-corrected chi connectivity index (χ3v) is 4.40. The van der Waals surface area contributed by atoms with E-state index in [1.807, 2.05) is 67.6 Å². The minimum Gasteiger partial charge on any atom is -0.319 e. The molecule has 0 aliphatic heterocycles. The fourth-order valence-electron chi connectivity index (χ4n) is 2.99. The van der Waals surface area contributed by atoms with Gasteiger partial charge in [-0.2, -0.15) is 5.10 Å². The van der Waals surface area contributed by atoms with E-state index in [0.717, 1.165) is 16.8 Å². The number of carbonyl (C=O) groups excluding carboxylic acids is 1. The van der Waals surface area contributed by atoms with Gasteiger partial charge in [0, 0.05) is 11.8 Å².